The third kappa shape index (κ3) is 4.63. The zero-order valence-electron chi connectivity index (χ0n) is 8.60. The Labute approximate surface area is 90.5 Å². The normalized spacial score (nSPS) is 11.7. The van der Waals surface area contributed by atoms with Gasteiger partial charge < -0.3 is 0 Å². The Bertz CT molecular complexity index is 258. The summed E-state index contributed by atoms with van der Waals surface area (Å²) in [5.41, 5.74) is 1.46. The SMILES string of the molecule is C[Si](C)(C)CCc1ccc(Br)cc1. The van der Waals surface area contributed by atoms with E-state index in [1.165, 1.54) is 22.5 Å². The van der Waals surface area contributed by atoms with E-state index in [1.54, 1.807) is 0 Å². The van der Waals surface area contributed by atoms with E-state index in [9.17, 15) is 0 Å². The lowest BCUT2D eigenvalue weighted by molar-refractivity contribution is 1.09. The third-order valence-electron chi connectivity index (χ3n) is 2.08. The second-order valence-electron chi connectivity index (χ2n) is 4.69. The molecular weight excluding hydrogens is 240 g/mol. The number of rotatable bonds is 3. The van der Waals surface area contributed by atoms with E-state index in [0.717, 1.165) is 0 Å². The maximum absolute atomic E-state index is 3.44. The molecule has 0 unspecified atom stereocenters. The lowest BCUT2D eigenvalue weighted by Crippen LogP contribution is -2.19. The number of benzene rings is 1. The molecule has 0 radical (unpaired) electrons. The molecule has 1 aromatic rings. The fourth-order valence-corrected chi connectivity index (χ4v) is 2.47. The van der Waals surface area contributed by atoms with Crippen molar-refractivity contribution in [2.45, 2.75) is 32.1 Å². The van der Waals surface area contributed by atoms with Crippen LogP contribution in [0.5, 0.6) is 0 Å². The van der Waals surface area contributed by atoms with Gasteiger partial charge in [-0.2, -0.15) is 0 Å². The van der Waals surface area contributed by atoms with Crippen LogP contribution in [0.15, 0.2) is 28.7 Å². The van der Waals surface area contributed by atoms with Gasteiger partial charge in [-0.3, -0.25) is 0 Å². The zero-order valence-corrected chi connectivity index (χ0v) is 11.2. The maximum atomic E-state index is 3.44. The Kier molecular flexibility index (Phi) is 3.74. The van der Waals surface area contributed by atoms with Crippen molar-refractivity contribution in [1.82, 2.24) is 0 Å². The highest BCUT2D eigenvalue weighted by molar-refractivity contribution is 9.10. The molecule has 13 heavy (non-hydrogen) atoms. The molecule has 0 nitrogen and oxygen atoms in total. The molecule has 2 heteroatoms. The van der Waals surface area contributed by atoms with Crippen molar-refractivity contribution in [1.29, 1.82) is 0 Å². The minimum absolute atomic E-state index is 0.865. The summed E-state index contributed by atoms with van der Waals surface area (Å²) in [6.45, 7) is 7.27. The molecule has 0 fully saturated rings. The molecule has 0 heterocycles. The second kappa shape index (κ2) is 4.42. The van der Waals surface area contributed by atoms with E-state index in [4.69, 9.17) is 0 Å². The highest BCUT2D eigenvalue weighted by Gasteiger charge is 2.12. The smallest absolute Gasteiger partial charge is 0.0445 e. The fraction of sp³-hybridized carbons (Fsp3) is 0.455. The molecule has 0 atom stereocenters. The molecule has 0 amide bonds. The Morgan fingerprint density at radius 3 is 2.08 bits per heavy atom. The van der Waals surface area contributed by atoms with Gasteiger partial charge in [0.25, 0.3) is 0 Å². The zero-order chi connectivity index (χ0) is 9.90. The maximum Gasteiger partial charge on any atom is 0.0445 e. The Hall–Kier alpha value is -0.0831. The first-order valence-electron chi connectivity index (χ1n) is 4.72. The van der Waals surface area contributed by atoms with E-state index in [0.29, 0.717) is 0 Å². The molecule has 72 valence electrons. The van der Waals surface area contributed by atoms with Gasteiger partial charge in [0.15, 0.2) is 0 Å². The van der Waals surface area contributed by atoms with Gasteiger partial charge >= 0.3 is 0 Å². The van der Waals surface area contributed by atoms with Crippen molar-refractivity contribution >= 4 is 24.0 Å². The van der Waals surface area contributed by atoms with Crippen LogP contribution in [-0.2, 0) is 6.42 Å². The topological polar surface area (TPSA) is 0 Å². The van der Waals surface area contributed by atoms with Crippen molar-refractivity contribution in [2.24, 2.45) is 0 Å². The summed E-state index contributed by atoms with van der Waals surface area (Å²) in [5.74, 6) is 0. The van der Waals surface area contributed by atoms with Crippen LogP contribution in [0.25, 0.3) is 0 Å². The number of hydrogen-bond donors (Lipinski definition) is 0. The van der Waals surface area contributed by atoms with Gasteiger partial charge in [-0.05, 0) is 24.1 Å². The van der Waals surface area contributed by atoms with Crippen LogP contribution in [-0.4, -0.2) is 8.07 Å². The molecule has 0 aromatic heterocycles. The van der Waals surface area contributed by atoms with Crippen molar-refractivity contribution in [2.75, 3.05) is 0 Å². The van der Waals surface area contributed by atoms with Crippen LogP contribution in [0.3, 0.4) is 0 Å². The minimum atomic E-state index is -0.865. The number of hydrogen-bond acceptors (Lipinski definition) is 0. The molecule has 1 rings (SSSR count). The summed E-state index contributed by atoms with van der Waals surface area (Å²) < 4.78 is 1.17. The van der Waals surface area contributed by atoms with Gasteiger partial charge in [0.2, 0.25) is 0 Å². The molecule has 0 aliphatic rings. The fourth-order valence-electron chi connectivity index (χ4n) is 1.17. The third-order valence-corrected chi connectivity index (χ3v) is 4.36. The summed E-state index contributed by atoms with van der Waals surface area (Å²) >= 11 is 3.44. The summed E-state index contributed by atoms with van der Waals surface area (Å²) in [6, 6.07) is 10.1. The van der Waals surface area contributed by atoms with Crippen LogP contribution < -0.4 is 0 Å². The van der Waals surface area contributed by atoms with Gasteiger partial charge in [-0.15, -0.1) is 0 Å². The van der Waals surface area contributed by atoms with E-state index in [1.807, 2.05) is 0 Å². The quantitative estimate of drug-likeness (QED) is 0.707. The first-order valence-corrected chi connectivity index (χ1v) is 9.22. The Morgan fingerprint density at radius 1 is 1.08 bits per heavy atom. The lowest BCUT2D eigenvalue weighted by atomic mass is 10.2. The van der Waals surface area contributed by atoms with Crippen LogP contribution in [0.2, 0.25) is 25.7 Å². The van der Waals surface area contributed by atoms with Crippen molar-refractivity contribution in [3.8, 4) is 0 Å². The Balaban J connectivity index is 2.51. The molecule has 0 saturated carbocycles. The van der Waals surface area contributed by atoms with E-state index < -0.39 is 8.07 Å². The molecule has 0 N–H and O–H groups in total. The molecular formula is C11H17BrSi. The Morgan fingerprint density at radius 2 is 1.62 bits per heavy atom. The van der Waals surface area contributed by atoms with Gasteiger partial charge in [0, 0.05) is 12.5 Å². The predicted molar refractivity (Wildman–Crippen MR) is 66.0 cm³/mol. The summed E-state index contributed by atoms with van der Waals surface area (Å²) in [5, 5.41) is 0. The molecule has 0 aliphatic carbocycles. The average molecular weight is 257 g/mol. The van der Waals surface area contributed by atoms with Gasteiger partial charge in [-0.1, -0.05) is 53.7 Å². The molecule has 0 bridgehead atoms. The van der Waals surface area contributed by atoms with Gasteiger partial charge in [0.05, 0.1) is 0 Å². The van der Waals surface area contributed by atoms with Crippen LogP contribution >= 0.6 is 15.9 Å². The first kappa shape index (κ1) is 11.0. The van der Waals surface area contributed by atoms with Gasteiger partial charge in [0.1, 0.15) is 0 Å². The van der Waals surface area contributed by atoms with Gasteiger partial charge in [-0.25, -0.2) is 0 Å². The lowest BCUT2D eigenvalue weighted by Gasteiger charge is -2.15. The van der Waals surface area contributed by atoms with Crippen LogP contribution in [0, 0.1) is 0 Å². The molecule has 1 aromatic carbocycles. The standard InChI is InChI=1S/C11H17BrSi/c1-13(2,3)9-8-10-4-6-11(12)7-5-10/h4-7H,8-9H2,1-3H3. The van der Waals surface area contributed by atoms with E-state index >= 15 is 0 Å². The average Bonchev–Trinajstić information content (AvgIpc) is 2.02. The van der Waals surface area contributed by atoms with Crippen molar-refractivity contribution in [3.63, 3.8) is 0 Å². The molecule has 0 saturated heterocycles. The van der Waals surface area contributed by atoms with Crippen molar-refractivity contribution in [3.05, 3.63) is 34.3 Å². The largest absolute Gasteiger partial charge is 0.0695 e. The predicted octanol–water partition coefficient (Wildman–Crippen LogP) is 4.33. The van der Waals surface area contributed by atoms with E-state index in [2.05, 4.69) is 59.8 Å². The van der Waals surface area contributed by atoms with E-state index in [-0.39, 0.29) is 0 Å². The number of aryl methyl sites for hydroxylation is 1. The van der Waals surface area contributed by atoms with Crippen LogP contribution in [0.4, 0.5) is 0 Å². The summed E-state index contributed by atoms with van der Waals surface area (Å²) in [4.78, 5) is 0. The molecule has 0 spiro atoms. The summed E-state index contributed by atoms with van der Waals surface area (Å²) in [6.07, 6.45) is 1.24. The highest BCUT2D eigenvalue weighted by atomic mass is 79.9. The molecule has 0 aliphatic heterocycles. The first-order chi connectivity index (χ1) is 5.97. The second-order valence-corrected chi connectivity index (χ2v) is 11.2. The van der Waals surface area contributed by atoms with Crippen molar-refractivity contribution < 1.29 is 0 Å². The number of halogens is 1. The summed E-state index contributed by atoms with van der Waals surface area (Å²) in [7, 11) is -0.865. The minimum Gasteiger partial charge on any atom is -0.0695 e. The highest BCUT2D eigenvalue weighted by Crippen LogP contribution is 2.16. The monoisotopic (exact) mass is 256 g/mol. The van der Waals surface area contributed by atoms with Crippen LogP contribution in [0.1, 0.15) is 5.56 Å².